The van der Waals surface area contributed by atoms with Gasteiger partial charge in [0.15, 0.2) is 5.69 Å². The average Bonchev–Trinajstić information content (AvgIpc) is 2.69. The number of amides is 1. The minimum absolute atomic E-state index is 0.0783. The summed E-state index contributed by atoms with van der Waals surface area (Å²) in [5, 5.41) is 8.88. The summed E-state index contributed by atoms with van der Waals surface area (Å²) in [6.45, 7) is 2.47. The number of alkyl halides is 3. The molecule has 33 heavy (non-hydrogen) atoms. The Balaban J connectivity index is 2.07. The predicted molar refractivity (Wildman–Crippen MR) is 110 cm³/mol. The number of nitrogens with one attached hydrogen (secondary N) is 2. The van der Waals surface area contributed by atoms with Crippen LogP contribution < -0.4 is 10.1 Å². The molecule has 2 N–H and O–H groups in total. The fourth-order valence-corrected chi connectivity index (χ4v) is 3.45. The standard InChI is InChI=1S/C20H17F4N5O3S/c1-10-7-8-14(27-17(10)21)32-19-15(11(2)16(28-29-19)20(22,23)24)18(30)26-12-5-4-6-13(9-12)33(3,25)31/h4-9,25H,1-3H3,(H,26,30). The normalized spacial score (nSPS) is 13.3. The summed E-state index contributed by atoms with van der Waals surface area (Å²) in [7, 11) is -3.11. The number of carbonyl (C=O) groups is 1. The van der Waals surface area contributed by atoms with Gasteiger partial charge in [0.1, 0.15) is 5.56 Å². The molecule has 3 rings (SSSR count). The summed E-state index contributed by atoms with van der Waals surface area (Å²) >= 11 is 0. The molecule has 0 aliphatic carbocycles. The van der Waals surface area contributed by atoms with Crippen molar-refractivity contribution >= 4 is 21.3 Å². The number of aromatic nitrogens is 3. The monoisotopic (exact) mass is 483 g/mol. The fourth-order valence-electron chi connectivity index (χ4n) is 2.76. The van der Waals surface area contributed by atoms with E-state index in [1.54, 1.807) is 0 Å². The zero-order valence-corrected chi connectivity index (χ0v) is 18.3. The first-order valence-corrected chi connectivity index (χ1v) is 11.1. The number of nitrogens with zero attached hydrogens (tertiary/aromatic N) is 3. The number of ether oxygens (including phenoxy) is 1. The Bertz CT molecular complexity index is 1340. The molecule has 0 radical (unpaired) electrons. The molecule has 2 aromatic heterocycles. The van der Waals surface area contributed by atoms with Crippen LogP contribution in [0.1, 0.15) is 27.2 Å². The molecule has 1 atom stereocenters. The van der Waals surface area contributed by atoms with Crippen molar-refractivity contribution in [1.29, 1.82) is 4.78 Å². The number of benzene rings is 1. The zero-order valence-electron chi connectivity index (χ0n) is 17.5. The molecule has 2 heterocycles. The van der Waals surface area contributed by atoms with Crippen LogP contribution in [0.2, 0.25) is 0 Å². The van der Waals surface area contributed by atoms with Crippen LogP contribution in [0.3, 0.4) is 0 Å². The summed E-state index contributed by atoms with van der Waals surface area (Å²) in [5.41, 5.74) is -2.30. The van der Waals surface area contributed by atoms with E-state index in [4.69, 9.17) is 9.52 Å². The Hall–Kier alpha value is -3.61. The molecule has 13 heteroatoms. The van der Waals surface area contributed by atoms with Crippen LogP contribution in [-0.4, -0.2) is 31.6 Å². The fraction of sp³-hybridized carbons (Fsp3) is 0.200. The first kappa shape index (κ1) is 24.0. The van der Waals surface area contributed by atoms with Crippen molar-refractivity contribution < 1.29 is 31.3 Å². The number of pyridine rings is 1. The van der Waals surface area contributed by atoms with Gasteiger partial charge < -0.3 is 10.1 Å². The number of aryl methyl sites for hydroxylation is 1. The Morgan fingerprint density at radius 2 is 1.85 bits per heavy atom. The van der Waals surface area contributed by atoms with Crippen molar-refractivity contribution in [1.82, 2.24) is 15.2 Å². The lowest BCUT2D eigenvalue weighted by molar-refractivity contribution is -0.142. The van der Waals surface area contributed by atoms with E-state index in [0.29, 0.717) is 0 Å². The molecule has 8 nitrogen and oxygen atoms in total. The van der Waals surface area contributed by atoms with Gasteiger partial charge in [0.05, 0.1) is 9.73 Å². The van der Waals surface area contributed by atoms with Crippen LogP contribution in [-0.2, 0) is 15.9 Å². The summed E-state index contributed by atoms with van der Waals surface area (Å²) < 4.78 is 78.8. The predicted octanol–water partition coefficient (Wildman–Crippen LogP) is 4.73. The van der Waals surface area contributed by atoms with E-state index in [0.717, 1.165) is 6.92 Å². The SMILES string of the molecule is Cc1ccc(Oc2nnc(C(F)(F)F)c(C)c2C(=O)Nc2cccc(S(C)(=N)=O)c2)nc1F. The number of hydrogen-bond acceptors (Lipinski definition) is 7. The van der Waals surface area contributed by atoms with Crippen molar-refractivity contribution in [3.05, 3.63) is 64.7 Å². The molecule has 174 valence electrons. The van der Waals surface area contributed by atoms with Crippen LogP contribution in [0.4, 0.5) is 23.2 Å². The lowest BCUT2D eigenvalue weighted by atomic mass is 10.1. The Morgan fingerprint density at radius 1 is 1.15 bits per heavy atom. The maximum Gasteiger partial charge on any atom is 0.435 e. The minimum atomic E-state index is -4.91. The lowest BCUT2D eigenvalue weighted by Gasteiger charge is -2.16. The van der Waals surface area contributed by atoms with E-state index < -0.39 is 50.5 Å². The van der Waals surface area contributed by atoms with Gasteiger partial charge in [-0.25, -0.2) is 8.99 Å². The van der Waals surface area contributed by atoms with Crippen molar-refractivity contribution in [2.75, 3.05) is 11.6 Å². The quantitative estimate of drug-likeness (QED) is 0.400. The highest BCUT2D eigenvalue weighted by molar-refractivity contribution is 7.91. The Kier molecular flexibility index (Phi) is 6.36. The molecule has 3 aromatic rings. The largest absolute Gasteiger partial charge is 0.435 e. The number of carbonyl (C=O) groups excluding carboxylic acids is 1. The molecule has 1 unspecified atom stereocenters. The van der Waals surface area contributed by atoms with Crippen LogP contribution in [0, 0.1) is 24.6 Å². The first-order chi connectivity index (χ1) is 15.3. The van der Waals surface area contributed by atoms with Crippen molar-refractivity contribution in [3.8, 4) is 11.8 Å². The van der Waals surface area contributed by atoms with Gasteiger partial charge >= 0.3 is 6.18 Å². The van der Waals surface area contributed by atoms with E-state index in [2.05, 4.69) is 20.5 Å². The van der Waals surface area contributed by atoms with Gasteiger partial charge in [-0.2, -0.15) is 22.5 Å². The maximum atomic E-state index is 13.8. The van der Waals surface area contributed by atoms with Gasteiger partial charge in [-0.3, -0.25) is 4.79 Å². The molecule has 0 spiro atoms. The van der Waals surface area contributed by atoms with E-state index >= 15 is 0 Å². The molecular formula is C20H17F4N5O3S. The second kappa shape index (κ2) is 8.73. The first-order valence-electron chi connectivity index (χ1n) is 9.18. The van der Waals surface area contributed by atoms with Gasteiger partial charge in [-0.1, -0.05) is 6.07 Å². The zero-order chi connectivity index (χ0) is 24.6. The maximum absolute atomic E-state index is 13.8. The molecule has 0 bridgehead atoms. The molecular weight excluding hydrogens is 466 g/mol. The number of hydrogen-bond donors (Lipinski definition) is 2. The average molecular weight is 483 g/mol. The van der Waals surface area contributed by atoms with Gasteiger partial charge in [0.25, 0.3) is 11.8 Å². The Labute approximate surface area is 186 Å². The third-order valence-electron chi connectivity index (χ3n) is 4.43. The molecule has 0 saturated carbocycles. The van der Waals surface area contributed by atoms with Crippen molar-refractivity contribution in [2.45, 2.75) is 24.9 Å². The number of rotatable bonds is 5. The third-order valence-corrected chi connectivity index (χ3v) is 5.59. The summed E-state index contributed by atoms with van der Waals surface area (Å²) in [6.07, 6.45) is -3.72. The number of anilines is 1. The second-order valence-corrected chi connectivity index (χ2v) is 9.20. The van der Waals surface area contributed by atoms with E-state index in [1.165, 1.54) is 49.6 Å². The minimum Gasteiger partial charge on any atom is -0.418 e. The van der Waals surface area contributed by atoms with Gasteiger partial charge in [0, 0.05) is 28.5 Å². The molecule has 0 aliphatic heterocycles. The highest BCUT2D eigenvalue weighted by Crippen LogP contribution is 2.35. The third kappa shape index (κ3) is 5.42. The number of halogens is 4. The smallest absolute Gasteiger partial charge is 0.418 e. The van der Waals surface area contributed by atoms with E-state index in [9.17, 15) is 26.6 Å². The van der Waals surface area contributed by atoms with Crippen molar-refractivity contribution in [3.63, 3.8) is 0 Å². The molecule has 0 fully saturated rings. The topological polar surface area (TPSA) is 118 Å². The molecule has 1 amide bonds. The second-order valence-electron chi connectivity index (χ2n) is 7.04. The van der Waals surface area contributed by atoms with Crippen molar-refractivity contribution in [2.24, 2.45) is 0 Å². The molecule has 1 aromatic carbocycles. The van der Waals surface area contributed by atoms with Gasteiger partial charge in [-0.05, 0) is 43.7 Å². The highest BCUT2D eigenvalue weighted by Gasteiger charge is 2.38. The van der Waals surface area contributed by atoms with Gasteiger partial charge in [0.2, 0.25) is 11.8 Å². The lowest BCUT2D eigenvalue weighted by Crippen LogP contribution is -2.21. The van der Waals surface area contributed by atoms with E-state index in [-0.39, 0.29) is 22.0 Å². The van der Waals surface area contributed by atoms with Gasteiger partial charge in [-0.15, -0.1) is 10.2 Å². The molecule has 0 saturated heterocycles. The summed E-state index contributed by atoms with van der Waals surface area (Å²) in [5.74, 6) is -2.88. The van der Waals surface area contributed by atoms with Crippen LogP contribution in [0.15, 0.2) is 41.3 Å². The summed E-state index contributed by atoms with van der Waals surface area (Å²) in [4.78, 5) is 16.6. The van der Waals surface area contributed by atoms with E-state index in [1.807, 2.05) is 0 Å². The highest BCUT2D eigenvalue weighted by atomic mass is 32.2. The molecule has 0 aliphatic rings. The summed E-state index contributed by atoms with van der Waals surface area (Å²) in [6, 6.07) is 8.09. The van der Waals surface area contributed by atoms with Crippen LogP contribution >= 0.6 is 0 Å². The Morgan fingerprint density at radius 3 is 2.45 bits per heavy atom. The van der Waals surface area contributed by atoms with Crippen LogP contribution in [0.25, 0.3) is 0 Å². The van der Waals surface area contributed by atoms with Crippen LogP contribution in [0.5, 0.6) is 11.8 Å².